The van der Waals surface area contributed by atoms with Crippen molar-refractivity contribution in [3.05, 3.63) is 89.5 Å². The Hall–Kier alpha value is -3.16. The van der Waals surface area contributed by atoms with Gasteiger partial charge in [0.15, 0.2) is 0 Å². The molecule has 3 aromatic rings. The highest BCUT2D eigenvalue weighted by atomic mass is 32.2. The van der Waals surface area contributed by atoms with Gasteiger partial charge in [-0.2, -0.15) is 4.72 Å². The summed E-state index contributed by atoms with van der Waals surface area (Å²) in [7, 11) is -3.94. The number of anilines is 1. The zero-order valence-corrected chi connectivity index (χ0v) is 20.0. The van der Waals surface area contributed by atoms with Crippen molar-refractivity contribution in [1.82, 2.24) is 4.72 Å². The normalized spacial score (nSPS) is 12.2. The zero-order chi connectivity index (χ0) is 23.8. The summed E-state index contributed by atoms with van der Waals surface area (Å²) in [6, 6.07) is 20.3. The second kappa shape index (κ2) is 11.1. The average Bonchev–Trinajstić information content (AvgIpc) is 2.81. The lowest BCUT2D eigenvalue weighted by molar-refractivity contribution is -0.117. The van der Waals surface area contributed by atoms with Gasteiger partial charge in [0, 0.05) is 5.69 Å². The third kappa shape index (κ3) is 6.43. The van der Waals surface area contributed by atoms with Crippen LogP contribution in [0.4, 0.5) is 5.69 Å². The predicted molar refractivity (Wildman–Crippen MR) is 131 cm³/mol. The van der Waals surface area contributed by atoms with Crippen LogP contribution in [0.5, 0.6) is 5.75 Å². The lowest BCUT2D eigenvalue weighted by Crippen LogP contribution is -2.45. The van der Waals surface area contributed by atoms with E-state index in [1.807, 2.05) is 69.3 Å². The number of benzene rings is 3. The molecule has 1 amide bonds. The van der Waals surface area contributed by atoms with Crippen LogP contribution in [0.1, 0.15) is 30.5 Å². The number of sulfonamides is 1. The quantitative estimate of drug-likeness (QED) is 0.461. The van der Waals surface area contributed by atoms with Crippen molar-refractivity contribution in [3.63, 3.8) is 0 Å². The summed E-state index contributed by atoms with van der Waals surface area (Å²) in [6.45, 7) is 6.28. The number of carbonyl (C=O) groups is 1. The van der Waals surface area contributed by atoms with Crippen molar-refractivity contribution in [2.75, 3.05) is 11.9 Å². The maximum atomic E-state index is 13.3. The molecule has 0 fully saturated rings. The van der Waals surface area contributed by atoms with Crippen molar-refractivity contribution in [1.29, 1.82) is 0 Å². The SMILES string of the molecule is CCOc1ccc(S(=O)(=O)NC(Cc2ccccc2)C(=O)Nc2c(C)cccc2CC)cc1. The molecule has 0 bridgehead atoms. The third-order valence-corrected chi connectivity index (χ3v) is 6.82. The molecule has 3 aromatic carbocycles. The van der Waals surface area contributed by atoms with Gasteiger partial charge in [-0.05, 0) is 67.6 Å². The smallest absolute Gasteiger partial charge is 0.242 e. The Kier molecular flexibility index (Phi) is 8.25. The number of nitrogens with one attached hydrogen (secondary N) is 2. The minimum Gasteiger partial charge on any atom is -0.494 e. The van der Waals surface area contributed by atoms with Gasteiger partial charge >= 0.3 is 0 Å². The number of hydrogen-bond donors (Lipinski definition) is 2. The zero-order valence-electron chi connectivity index (χ0n) is 19.2. The maximum Gasteiger partial charge on any atom is 0.242 e. The molecule has 3 rings (SSSR count). The molecule has 0 aromatic heterocycles. The van der Waals surface area contributed by atoms with Gasteiger partial charge in [0.25, 0.3) is 0 Å². The minimum atomic E-state index is -3.94. The van der Waals surface area contributed by atoms with E-state index in [2.05, 4.69) is 10.0 Å². The first-order chi connectivity index (χ1) is 15.8. The van der Waals surface area contributed by atoms with Gasteiger partial charge in [-0.3, -0.25) is 4.79 Å². The number of aryl methyl sites for hydroxylation is 2. The first kappa shape index (κ1) is 24.5. The second-order valence-electron chi connectivity index (χ2n) is 7.72. The van der Waals surface area contributed by atoms with Gasteiger partial charge in [0.05, 0.1) is 11.5 Å². The molecule has 0 aliphatic rings. The van der Waals surface area contributed by atoms with Crippen LogP contribution in [0.2, 0.25) is 0 Å². The summed E-state index contributed by atoms with van der Waals surface area (Å²) in [4.78, 5) is 13.4. The summed E-state index contributed by atoms with van der Waals surface area (Å²) in [5, 5.41) is 2.96. The van der Waals surface area contributed by atoms with Crippen molar-refractivity contribution in [2.24, 2.45) is 0 Å². The van der Waals surface area contributed by atoms with Crippen molar-refractivity contribution in [2.45, 2.75) is 44.6 Å². The second-order valence-corrected chi connectivity index (χ2v) is 9.43. The highest BCUT2D eigenvalue weighted by Crippen LogP contribution is 2.22. The highest BCUT2D eigenvalue weighted by Gasteiger charge is 2.27. The Balaban J connectivity index is 1.88. The molecule has 0 spiro atoms. The fourth-order valence-electron chi connectivity index (χ4n) is 3.59. The van der Waals surface area contributed by atoms with Gasteiger partial charge in [-0.1, -0.05) is 55.5 Å². The lowest BCUT2D eigenvalue weighted by atomic mass is 10.0. The summed E-state index contributed by atoms with van der Waals surface area (Å²) < 4.78 is 34.2. The molecule has 0 heterocycles. The molecule has 0 aliphatic carbocycles. The Morgan fingerprint density at radius 3 is 2.27 bits per heavy atom. The van der Waals surface area contributed by atoms with E-state index in [9.17, 15) is 13.2 Å². The van der Waals surface area contributed by atoms with Crippen LogP contribution < -0.4 is 14.8 Å². The largest absolute Gasteiger partial charge is 0.494 e. The Bertz CT molecular complexity index is 1180. The van der Waals surface area contributed by atoms with Crippen LogP contribution in [0, 0.1) is 6.92 Å². The topological polar surface area (TPSA) is 84.5 Å². The molecular formula is C26H30N2O4S. The molecule has 0 saturated heterocycles. The lowest BCUT2D eigenvalue weighted by Gasteiger charge is -2.21. The minimum absolute atomic E-state index is 0.0713. The van der Waals surface area contributed by atoms with Crippen LogP contribution in [-0.4, -0.2) is 27.0 Å². The van der Waals surface area contributed by atoms with Crippen molar-refractivity contribution in [3.8, 4) is 5.75 Å². The van der Waals surface area contributed by atoms with Crippen LogP contribution in [0.15, 0.2) is 77.7 Å². The van der Waals surface area contributed by atoms with E-state index in [4.69, 9.17) is 4.74 Å². The molecule has 7 heteroatoms. The van der Waals surface area contributed by atoms with Gasteiger partial charge in [0.1, 0.15) is 11.8 Å². The van der Waals surface area contributed by atoms with E-state index >= 15 is 0 Å². The van der Waals surface area contributed by atoms with Crippen LogP contribution in [0.3, 0.4) is 0 Å². The van der Waals surface area contributed by atoms with Crippen LogP contribution in [-0.2, 0) is 27.7 Å². The fourth-order valence-corrected chi connectivity index (χ4v) is 4.78. The Morgan fingerprint density at radius 2 is 1.64 bits per heavy atom. The fraction of sp³-hybridized carbons (Fsp3) is 0.269. The van der Waals surface area contributed by atoms with Gasteiger partial charge in [-0.15, -0.1) is 0 Å². The Morgan fingerprint density at radius 1 is 0.939 bits per heavy atom. The molecule has 33 heavy (non-hydrogen) atoms. The predicted octanol–water partition coefficient (Wildman–Crippen LogP) is 4.48. The number of carbonyl (C=O) groups excluding carboxylic acids is 1. The molecule has 174 valence electrons. The van der Waals surface area contributed by atoms with Crippen LogP contribution >= 0.6 is 0 Å². The molecule has 0 radical (unpaired) electrons. The first-order valence-electron chi connectivity index (χ1n) is 11.0. The standard InChI is InChI=1S/C26H30N2O4S/c1-4-21-13-9-10-19(3)25(21)27-26(29)24(18-20-11-7-6-8-12-20)28-33(30,31)23-16-14-22(15-17-23)32-5-2/h6-17,24,28H,4-5,18H2,1-3H3,(H,27,29). The van der Waals surface area contributed by atoms with Gasteiger partial charge in [0.2, 0.25) is 15.9 Å². The number of ether oxygens (including phenoxy) is 1. The number of para-hydroxylation sites is 1. The van der Waals surface area contributed by atoms with E-state index < -0.39 is 22.0 Å². The molecule has 1 atom stereocenters. The first-order valence-corrected chi connectivity index (χ1v) is 12.5. The third-order valence-electron chi connectivity index (χ3n) is 5.33. The van der Waals surface area contributed by atoms with Gasteiger partial charge < -0.3 is 10.1 Å². The molecule has 0 aliphatic heterocycles. The molecule has 6 nitrogen and oxygen atoms in total. The maximum absolute atomic E-state index is 13.3. The van der Waals surface area contributed by atoms with E-state index in [-0.39, 0.29) is 11.3 Å². The van der Waals surface area contributed by atoms with E-state index in [0.717, 1.165) is 28.8 Å². The molecule has 0 saturated carbocycles. The highest BCUT2D eigenvalue weighted by molar-refractivity contribution is 7.89. The molecule has 2 N–H and O–H groups in total. The Labute approximate surface area is 196 Å². The van der Waals surface area contributed by atoms with E-state index in [1.165, 1.54) is 12.1 Å². The number of amides is 1. The van der Waals surface area contributed by atoms with Crippen molar-refractivity contribution >= 4 is 21.6 Å². The number of hydrogen-bond acceptors (Lipinski definition) is 4. The molecular weight excluding hydrogens is 436 g/mol. The summed E-state index contributed by atoms with van der Waals surface area (Å²) in [5.41, 5.74) is 3.50. The van der Waals surface area contributed by atoms with Crippen molar-refractivity contribution < 1.29 is 17.9 Å². The summed E-state index contributed by atoms with van der Waals surface area (Å²) >= 11 is 0. The van der Waals surface area contributed by atoms with Gasteiger partial charge in [-0.25, -0.2) is 8.42 Å². The van der Waals surface area contributed by atoms with E-state index in [0.29, 0.717) is 12.4 Å². The van der Waals surface area contributed by atoms with E-state index in [1.54, 1.807) is 12.1 Å². The molecule has 1 unspecified atom stereocenters. The van der Waals surface area contributed by atoms with Crippen LogP contribution in [0.25, 0.3) is 0 Å². The average molecular weight is 467 g/mol. The summed E-state index contributed by atoms with van der Waals surface area (Å²) in [5.74, 6) is 0.180. The monoisotopic (exact) mass is 466 g/mol. The number of rotatable bonds is 10. The summed E-state index contributed by atoms with van der Waals surface area (Å²) in [6.07, 6.45) is 0.967.